The van der Waals surface area contributed by atoms with Gasteiger partial charge in [0.05, 0.1) is 33.8 Å². The molecule has 0 saturated carbocycles. The van der Waals surface area contributed by atoms with Gasteiger partial charge in [-0.2, -0.15) is 0 Å². The molecule has 0 fully saturated rings. The summed E-state index contributed by atoms with van der Waals surface area (Å²) in [6.45, 7) is 6.87. The minimum absolute atomic E-state index is 0.0368. The maximum absolute atomic E-state index is 13.6. The first-order valence-electron chi connectivity index (χ1n) is 32.8. The van der Waals surface area contributed by atoms with Crippen LogP contribution in [0.2, 0.25) is 0 Å². The summed E-state index contributed by atoms with van der Waals surface area (Å²) in [5.41, 5.74) is 0. The Kier molecular flexibility index (Phi) is 55.8. The minimum Gasteiger partial charge on any atom is -0.456 e. The number of hydrogen-bond donors (Lipinski definition) is 2. The Morgan fingerprint density at radius 2 is 0.872 bits per heavy atom. The minimum atomic E-state index is -4.45. The van der Waals surface area contributed by atoms with E-state index in [0.717, 1.165) is 83.5 Å². The molecule has 0 aliphatic carbocycles. The van der Waals surface area contributed by atoms with E-state index in [1.54, 1.807) is 0 Å². The summed E-state index contributed by atoms with van der Waals surface area (Å²) in [5, 5.41) is 3.06. The van der Waals surface area contributed by atoms with Crippen LogP contribution in [0.1, 0.15) is 297 Å². The lowest BCUT2D eigenvalue weighted by Gasteiger charge is -2.27. The number of rotatable bonds is 59. The highest BCUT2D eigenvalue weighted by Gasteiger charge is 2.30. The Hall–Kier alpha value is -2.55. The molecular formula is C68H126N2O7P+. The molecule has 9 nitrogen and oxygen atoms in total. The van der Waals surface area contributed by atoms with Crippen molar-refractivity contribution in [2.24, 2.45) is 0 Å². The van der Waals surface area contributed by atoms with Gasteiger partial charge in [-0.15, -0.1) is 0 Å². The first-order valence-corrected chi connectivity index (χ1v) is 34.3. The number of nitrogens with one attached hydrogen (secondary N) is 1. The molecule has 0 saturated heterocycles. The molecule has 1 amide bonds. The second-order valence-electron chi connectivity index (χ2n) is 23.3. The largest absolute Gasteiger partial charge is 0.472 e. The number of allylic oxidation sites excluding steroid dienone is 11. The number of esters is 1. The third kappa shape index (κ3) is 58.1. The van der Waals surface area contributed by atoms with Crippen LogP contribution in [0.4, 0.5) is 0 Å². The van der Waals surface area contributed by atoms with Gasteiger partial charge >= 0.3 is 13.8 Å². The predicted octanol–water partition coefficient (Wildman–Crippen LogP) is 20.4. The number of quaternary nitrogens is 1. The average molecular weight is 1110 g/mol. The molecule has 10 heteroatoms. The Labute approximate surface area is 483 Å². The third-order valence-electron chi connectivity index (χ3n) is 14.4. The van der Waals surface area contributed by atoms with Crippen LogP contribution in [0.25, 0.3) is 0 Å². The van der Waals surface area contributed by atoms with Crippen LogP contribution in [-0.2, 0) is 27.9 Å². The van der Waals surface area contributed by atoms with Crippen LogP contribution < -0.4 is 5.32 Å². The lowest BCUT2D eigenvalue weighted by atomic mass is 10.0. The monoisotopic (exact) mass is 1110 g/mol. The molecule has 2 N–H and O–H groups in total. The first kappa shape index (κ1) is 75.5. The molecule has 0 rings (SSSR count). The SMILES string of the molecule is CC/C=C/C=C/C=C/CCCCCCCCCC(=O)OC(/C=C\CCCCCCCCCCCC)C(COP(=O)(O)OCC[N+](C)(C)C)NC(=O)CCCCCCCCCCCCCCCCC/C=C\C/C=C\CCCCC. The molecule has 0 bridgehead atoms. The smallest absolute Gasteiger partial charge is 0.456 e. The Morgan fingerprint density at radius 3 is 1.35 bits per heavy atom. The summed E-state index contributed by atoms with van der Waals surface area (Å²) < 4.78 is 30.7. The summed E-state index contributed by atoms with van der Waals surface area (Å²) in [6, 6.07) is -0.855. The number of nitrogens with zero attached hydrogens (tertiary/aromatic N) is 1. The lowest BCUT2D eigenvalue weighted by Crippen LogP contribution is -2.47. The summed E-state index contributed by atoms with van der Waals surface area (Å²) >= 11 is 0. The van der Waals surface area contributed by atoms with Gasteiger partial charge in [0.2, 0.25) is 5.91 Å². The highest BCUT2D eigenvalue weighted by molar-refractivity contribution is 7.47. The van der Waals surface area contributed by atoms with Crippen molar-refractivity contribution in [2.45, 2.75) is 309 Å². The summed E-state index contributed by atoms with van der Waals surface area (Å²) in [4.78, 5) is 37.8. The van der Waals surface area contributed by atoms with Crippen molar-refractivity contribution in [1.82, 2.24) is 5.32 Å². The Balaban J connectivity index is 5.09. The molecule has 0 heterocycles. The van der Waals surface area contributed by atoms with Gasteiger partial charge in [0.25, 0.3) is 0 Å². The maximum Gasteiger partial charge on any atom is 0.472 e. The van der Waals surface area contributed by atoms with E-state index in [4.69, 9.17) is 13.8 Å². The highest BCUT2D eigenvalue weighted by Crippen LogP contribution is 2.43. The van der Waals surface area contributed by atoms with E-state index in [1.807, 2.05) is 33.3 Å². The molecule has 0 aliphatic rings. The summed E-state index contributed by atoms with van der Waals surface area (Å²) in [6.07, 6.45) is 74.8. The fourth-order valence-corrected chi connectivity index (χ4v) is 10.1. The summed E-state index contributed by atoms with van der Waals surface area (Å²) in [7, 11) is 1.49. The van der Waals surface area contributed by atoms with Crippen LogP contribution in [-0.4, -0.2) is 74.3 Å². The maximum atomic E-state index is 13.6. The van der Waals surface area contributed by atoms with Crippen LogP contribution in [0.5, 0.6) is 0 Å². The average Bonchev–Trinajstić information content (AvgIpc) is 3.40. The molecule has 0 aliphatic heterocycles. The van der Waals surface area contributed by atoms with E-state index in [9.17, 15) is 19.0 Å². The number of hydrogen-bond acceptors (Lipinski definition) is 6. The van der Waals surface area contributed by atoms with Gasteiger partial charge in [-0.25, -0.2) is 4.57 Å². The number of phosphoric ester groups is 1. The molecule has 3 atom stereocenters. The van der Waals surface area contributed by atoms with E-state index in [2.05, 4.69) is 86.8 Å². The van der Waals surface area contributed by atoms with Crippen molar-refractivity contribution in [3.63, 3.8) is 0 Å². The van der Waals surface area contributed by atoms with E-state index < -0.39 is 20.0 Å². The first-order chi connectivity index (χ1) is 37.9. The van der Waals surface area contributed by atoms with Gasteiger partial charge in [-0.05, 0) is 83.1 Å². The number of carbonyl (C=O) groups excluding carboxylic acids is 2. The third-order valence-corrected chi connectivity index (χ3v) is 15.4. The van der Waals surface area contributed by atoms with Gasteiger partial charge in [0, 0.05) is 12.8 Å². The normalized spacial score (nSPS) is 14.1. The molecule has 0 aromatic rings. The highest BCUT2D eigenvalue weighted by atomic mass is 31.2. The molecule has 0 spiro atoms. The molecule has 78 heavy (non-hydrogen) atoms. The molecule has 454 valence electrons. The Morgan fingerprint density at radius 1 is 0.474 bits per heavy atom. The molecular weight excluding hydrogens is 988 g/mol. The zero-order chi connectivity index (χ0) is 57.2. The Bertz CT molecular complexity index is 1570. The number of carbonyl (C=O) groups is 2. The van der Waals surface area contributed by atoms with E-state index in [0.29, 0.717) is 17.4 Å². The zero-order valence-corrected chi connectivity index (χ0v) is 52.8. The number of likely N-dealkylation sites (N-methyl/N-ethyl adjacent to an activating group) is 1. The number of unbranched alkanes of at least 4 members (excludes halogenated alkanes) is 35. The zero-order valence-electron chi connectivity index (χ0n) is 51.9. The van der Waals surface area contributed by atoms with Crippen molar-refractivity contribution in [3.05, 3.63) is 72.9 Å². The summed E-state index contributed by atoms with van der Waals surface area (Å²) in [5.74, 6) is -0.513. The quantitative estimate of drug-likeness (QED) is 0.0156. The predicted molar refractivity (Wildman–Crippen MR) is 337 cm³/mol. The molecule has 3 unspecified atom stereocenters. The lowest BCUT2D eigenvalue weighted by molar-refractivity contribution is -0.870. The molecule has 0 radical (unpaired) electrons. The van der Waals surface area contributed by atoms with Crippen molar-refractivity contribution in [1.29, 1.82) is 0 Å². The number of ether oxygens (including phenoxy) is 1. The number of amides is 1. The van der Waals surface area contributed by atoms with Crippen LogP contribution >= 0.6 is 7.82 Å². The second kappa shape index (κ2) is 57.7. The fraction of sp³-hybridized carbons (Fsp3) is 0.794. The van der Waals surface area contributed by atoms with Crippen LogP contribution in [0.3, 0.4) is 0 Å². The van der Waals surface area contributed by atoms with E-state index in [1.165, 1.54) is 180 Å². The molecule has 0 aromatic carbocycles. The fourth-order valence-electron chi connectivity index (χ4n) is 9.38. The van der Waals surface area contributed by atoms with Crippen LogP contribution in [0.15, 0.2) is 72.9 Å². The van der Waals surface area contributed by atoms with Gasteiger partial charge in [0.1, 0.15) is 19.3 Å². The van der Waals surface area contributed by atoms with Crippen molar-refractivity contribution < 1.29 is 37.3 Å². The van der Waals surface area contributed by atoms with Gasteiger partial charge < -0.3 is 19.4 Å². The molecule has 0 aromatic heterocycles. The number of phosphoric acid groups is 1. The van der Waals surface area contributed by atoms with Crippen molar-refractivity contribution in [2.75, 3.05) is 40.9 Å². The standard InChI is InChI=1S/C68H125N2O7P/c1-7-10-13-16-19-22-25-28-30-31-32-33-34-35-36-37-38-39-41-42-45-48-51-54-57-60-67(71)69-65(64-76-78(73,74)75-63-62-70(4,5)6)66(59-56-53-50-47-44-27-24-21-18-15-12-9-3)77-68(72)61-58-55-52-49-46-43-40-29-26-23-20-17-14-11-8-2/h11,14,17,19-20,22-23,26,28,30,56,59,65-66H,7-10,12-13,15-16,18,21,24-25,27,29,31-55,57-58,60-64H2,1-6H3,(H-,69,71,73,74)/p+1/b14-11+,20-17+,22-19-,26-23+,30-28-,59-56-. The van der Waals surface area contributed by atoms with Crippen molar-refractivity contribution >= 4 is 19.7 Å². The van der Waals surface area contributed by atoms with Crippen LogP contribution in [0, 0.1) is 0 Å². The van der Waals surface area contributed by atoms with E-state index >= 15 is 0 Å². The topological polar surface area (TPSA) is 111 Å². The van der Waals surface area contributed by atoms with Gasteiger partial charge in [-0.1, -0.05) is 274 Å². The van der Waals surface area contributed by atoms with Gasteiger partial charge in [-0.3, -0.25) is 18.6 Å². The van der Waals surface area contributed by atoms with E-state index in [-0.39, 0.29) is 31.5 Å². The second-order valence-corrected chi connectivity index (χ2v) is 24.8. The van der Waals surface area contributed by atoms with Crippen molar-refractivity contribution in [3.8, 4) is 0 Å². The van der Waals surface area contributed by atoms with Gasteiger partial charge in [0.15, 0.2) is 0 Å².